The lowest BCUT2D eigenvalue weighted by Gasteiger charge is -2.24. The first-order valence-electron chi connectivity index (χ1n) is 12.1. The van der Waals surface area contributed by atoms with Crippen LogP contribution in [0.15, 0.2) is 42.9 Å². The summed E-state index contributed by atoms with van der Waals surface area (Å²) in [5.74, 6) is -5.00. The third kappa shape index (κ3) is 10.0. The molecule has 0 saturated heterocycles. The Morgan fingerprint density at radius 2 is 1.50 bits per heavy atom. The van der Waals surface area contributed by atoms with Gasteiger partial charge in [0.05, 0.1) is 18.8 Å². The van der Waals surface area contributed by atoms with Crippen LogP contribution in [0, 0.1) is 5.92 Å². The van der Waals surface area contributed by atoms with Crippen LogP contribution in [0.5, 0.6) is 0 Å². The summed E-state index contributed by atoms with van der Waals surface area (Å²) in [6.07, 6.45) is 2.25. The molecule has 38 heavy (non-hydrogen) atoms. The molecule has 0 aliphatic rings. The van der Waals surface area contributed by atoms with Crippen molar-refractivity contribution in [3.63, 3.8) is 0 Å². The van der Waals surface area contributed by atoms with Crippen LogP contribution in [-0.2, 0) is 36.8 Å². The maximum Gasteiger partial charge on any atom is 0.326 e. The van der Waals surface area contributed by atoms with Crippen LogP contribution in [0.4, 0.5) is 0 Å². The monoisotopic (exact) mass is 530 g/mol. The predicted octanol–water partition coefficient (Wildman–Crippen LogP) is -0.418. The van der Waals surface area contributed by atoms with Crippen LogP contribution in [0.2, 0.25) is 0 Å². The molecule has 2 rings (SSSR count). The SMILES string of the molecule is CC(C)CC(N)C(=O)NC(CC(=O)O)C(=O)NC(Cc1cnc[nH]1)C(=O)NC(Cc1ccccc1)C(=O)O. The van der Waals surface area contributed by atoms with E-state index >= 15 is 0 Å². The number of rotatable bonds is 15. The lowest BCUT2D eigenvalue weighted by atomic mass is 10.0. The van der Waals surface area contributed by atoms with E-state index in [4.69, 9.17) is 5.73 Å². The van der Waals surface area contributed by atoms with Gasteiger partial charge in [-0.25, -0.2) is 9.78 Å². The molecule has 4 atom stereocenters. The minimum absolute atomic E-state index is 0.00191. The highest BCUT2D eigenvalue weighted by atomic mass is 16.4. The van der Waals surface area contributed by atoms with Gasteiger partial charge in [0.1, 0.15) is 18.1 Å². The van der Waals surface area contributed by atoms with Crippen molar-refractivity contribution in [2.75, 3.05) is 0 Å². The molecule has 3 amide bonds. The normalized spacial score (nSPS) is 14.1. The second-order valence-corrected chi connectivity index (χ2v) is 9.33. The zero-order chi connectivity index (χ0) is 28.2. The fourth-order valence-electron chi connectivity index (χ4n) is 3.70. The first-order chi connectivity index (χ1) is 18.0. The molecule has 1 aromatic carbocycles. The number of hydrogen-bond acceptors (Lipinski definition) is 7. The van der Waals surface area contributed by atoms with E-state index in [1.807, 2.05) is 13.8 Å². The zero-order valence-corrected chi connectivity index (χ0v) is 21.2. The zero-order valence-electron chi connectivity index (χ0n) is 21.2. The second-order valence-electron chi connectivity index (χ2n) is 9.33. The number of aliphatic carboxylic acids is 2. The fourth-order valence-corrected chi connectivity index (χ4v) is 3.70. The maximum atomic E-state index is 13.2. The summed E-state index contributed by atoms with van der Waals surface area (Å²) in [7, 11) is 0. The molecule has 0 fully saturated rings. The molecule has 1 aromatic heterocycles. The molecule has 206 valence electrons. The maximum absolute atomic E-state index is 13.2. The van der Waals surface area contributed by atoms with E-state index in [2.05, 4.69) is 25.9 Å². The van der Waals surface area contributed by atoms with Crippen LogP contribution in [0.3, 0.4) is 0 Å². The largest absolute Gasteiger partial charge is 0.481 e. The van der Waals surface area contributed by atoms with Gasteiger partial charge in [0.2, 0.25) is 17.7 Å². The van der Waals surface area contributed by atoms with Gasteiger partial charge in [-0.15, -0.1) is 0 Å². The number of nitrogens with two attached hydrogens (primary N) is 1. The van der Waals surface area contributed by atoms with Crippen molar-refractivity contribution in [3.8, 4) is 0 Å². The summed E-state index contributed by atoms with van der Waals surface area (Å²) in [5, 5.41) is 26.2. The summed E-state index contributed by atoms with van der Waals surface area (Å²) in [5.41, 5.74) is 7.00. The van der Waals surface area contributed by atoms with Gasteiger partial charge in [0, 0.05) is 24.7 Å². The Morgan fingerprint density at radius 1 is 0.895 bits per heavy atom. The highest BCUT2D eigenvalue weighted by Crippen LogP contribution is 2.07. The van der Waals surface area contributed by atoms with Crippen molar-refractivity contribution >= 4 is 29.7 Å². The van der Waals surface area contributed by atoms with Crippen LogP contribution < -0.4 is 21.7 Å². The molecule has 1 heterocycles. The number of H-pyrrole nitrogens is 1. The average molecular weight is 531 g/mol. The van der Waals surface area contributed by atoms with Crippen LogP contribution in [0.1, 0.15) is 37.9 Å². The number of carbonyl (C=O) groups is 5. The van der Waals surface area contributed by atoms with Gasteiger partial charge >= 0.3 is 11.9 Å². The molecule has 0 saturated carbocycles. The molecule has 0 aliphatic carbocycles. The predicted molar refractivity (Wildman–Crippen MR) is 136 cm³/mol. The Morgan fingerprint density at radius 3 is 2.05 bits per heavy atom. The number of carboxylic acids is 2. The van der Waals surface area contributed by atoms with Crippen molar-refractivity contribution < 1.29 is 34.2 Å². The molecule has 2 aromatic rings. The third-order valence-corrected chi connectivity index (χ3v) is 5.58. The summed E-state index contributed by atoms with van der Waals surface area (Å²) in [6, 6.07) is 3.60. The highest BCUT2D eigenvalue weighted by molar-refractivity contribution is 5.95. The van der Waals surface area contributed by atoms with E-state index < -0.39 is 60.2 Å². The first-order valence-corrected chi connectivity index (χ1v) is 12.1. The minimum Gasteiger partial charge on any atom is -0.481 e. The Labute approximate surface area is 219 Å². The molecular weight excluding hydrogens is 496 g/mol. The first kappa shape index (κ1) is 30.0. The van der Waals surface area contributed by atoms with Gasteiger partial charge in [-0.1, -0.05) is 44.2 Å². The number of aromatic nitrogens is 2. The van der Waals surface area contributed by atoms with Crippen molar-refractivity contribution in [2.45, 2.75) is 63.7 Å². The Bertz CT molecular complexity index is 1090. The Kier molecular flexibility index (Phi) is 11.4. The van der Waals surface area contributed by atoms with Crippen molar-refractivity contribution in [1.82, 2.24) is 25.9 Å². The summed E-state index contributed by atoms with van der Waals surface area (Å²) in [6.45, 7) is 3.71. The molecule has 0 spiro atoms. The number of nitrogens with one attached hydrogen (secondary N) is 4. The van der Waals surface area contributed by atoms with Crippen LogP contribution >= 0.6 is 0 Å². The second kappa shape index (κ2) is 14.5. The van der Waals surface area contributed by atoms with Gasteiger partial charge in [-0.2, -0.15) is 0 Å². The average Bonchev–Trinajstić information content (AvgIpc) is 3.35. The topological polar surface area (TPSA) is 217 Å². The molecule has 8 N–H and O–H groups in total. The van der Waals surface area contributed by atoms with Crippen molar-refractivity contribution in [1.29, 1.82) is 0 Å². The highest BCUT2D eigenvalue weighted by Gasteiger charge is 2.32. The molecule has 0 radical (unpaired) electrons. The smallest absolute Gasteiger partial charge is 0.326 e. The van der Waals surface area contributed by atoms with Gasteiger partial charge in [0.15, 0.2) is 0 Å². The number of hydrogen-bond donors (Lipinski definition) is 7. The third-order valence-electron chi connectivity index (χ3n) is 5.58. The number of imidazole rings is 1. The molecule has 13 heteroatoms. The Balaban J connectivity index is 2.20. The van der Waals surface area contributed by atoms with Crippen molar-refractivity contribution in [2.24, 2.45) is 11.7 Å². The van der Waals surface area contributed by atoms with E-state index in [-0.39, 0.29) is 18.8 Å². The lowest BCUT2D eigenvalue weighted by Crippen LogP contribution is -2.58. The summed E-state index contributed by atoms with van der Waals surface area (Å²) in [4.78, 5) is 68.6. The van der Waals surface area contributed by atoms with Gasteiger partial charge in [0.25, 0.3) is 0 Å². The number of aromatic amines is 1. The number of benzene rings is 1. The molecule has 13 nitrogen and oxygen atoms in total. The molecule has 4 unspecified atom stereocenters. The number of carboxylic acid groups (broad SMARTS) is 2. The van der Waals surface area contributed by atoms with E-state index in [9.17, 15) is 34.2 Å². The van der Waals surface area contributed by atoms with E-state index in [1.165, 1.54) is 12.5 Å². The van der Waals surface area contributed by atoms with Gasteiger partial charge in [-0.3, -0.25) is 19.2 Å². The Hall–Kier alpha value is -4.26. The van der Waals surface area contributed by atoms with E-state index in [0.717, 1.165) is 0 Å². The molecule has 0 bridgehead atoms. The molecule has 0 aliphatic heterocycles. The fraction of sp³-hybridized carbons (Fsp3) is 0.440. The lowest BCUT2D eigenvalue weighted by molar-refractivity contribution is -0.143. The van der Waals surface area contributed by atoms with Gasteiger partial charge in [-0.05, 0) is 17.9 Å². The number of nitrogens with zero attached hydrogens (tertiary/aromatic N) is 1. The van der Waals surface area contributed by atoms with Gasteiger partial charge < -0.3 is 36.9 Å². The van der Waals surface area contributed by atoms with Crippen molar-refractivity contribution in [3.05, 3.63) is 54.1 Å². The van der Waals surface area contributed by atoms with E-state index in [1.54, 1.807) is 30.3 Å². The minimum atomic E-state index is -1.52. The van der Waals surface area contributed by atoms with E-state index in [0.29, 0.717) is 17.7 Å². The quantitative estimate of drug-likeness (QED) is 0.159. The van der Waals surface area contributed by atoms with Crippen LogP contribution in [0.25, 0.3) is 0 Å². The summed E-state index contributed by atoms with van der Waals surface area (Å²) < 4.78 is 0. The van der Waals surface area contributed by atoms with Crippen LogP contribution in [-0.4, -0.2) is 74.0 Å². The standard InChI is InChI=1S/C25H34N6O7/c1-14(2)8-17(26)22(34)29-19(11-21(32)33)24(36)30-18(10-16-12-27-13-28-16)23(35)31-20(25(37)38)9-15-6-4-3-5-7-15/h3-7,12-14,17-20H,8-11,26H2,1-2H3,(H,27,28)(H,29,34)(H,30,36)(H,31,35)(H,32,33)(H,37,38). The number of amides is 3. The summed E-state index contributed by atoms with van der Waals surface area (Å²) >= 11 is 0. The number of carbonyl (C=O) groups excluding carboxylic acids is 3. The molecular formula is C25H34N6O7.